The van der Waals surface area contributed by atoms with E-state index in [-0.39, 0.29) is 0 Å². The highest BCUT2D eigenvalue weighted by molar-refractivity contribution is 7.79. The zero-order valence-electron chi connectivity index (χ0n) is 12.9. The van der Waals surface area contributed by atoms with Crippen molar-refractivity contribution < 1.29 is 22.3 Å². The highest BCUT2D eigenvalue weighted by Gasteiger charge is 2.07. The van der Waals surface area contributed by atoms with Crippen LogP contribution < -0.4 is 10.5 Å². The zero-order valence-corrected chi connectivity index (χ0v) is 13.7. The minimum absolute atomic E-state index is 0.655. The van der Waals surface area contributed by atoms with Gasteiger partial charge in [-0.25, -0.2) is 0 Å². The van der Waals surface area contributed by atoms with Crippen LogP contribution in [-0.2, 0) is 10.4 Å². The predicted molar refractivity (Wildman–Crippen MR) is 94.8 cm³/mol. The molecule has 0 spiro atoms. The van der Waals surface area contributed by atoms with E-state index in [0.29, 0.717) is 13.2 Å². The van der Waals surface area contributed by atoms with Gasteiger partial charge in [0.1, 0.15) is 5.75 Å². The van der Waals surface area contributed by atoms with Crippen LogP contribution in [0.3, 0.4) is 0 Å². The molecule has 128 valence electrons. The van der Waals surface area contributed by atoms with Crippen LogP contribution in [0.2, 0.25) is 0 Å². The van der Waals surface area contributed by atoms with Gasteiger partial charge >= 0.3 is 10.4 Å². The molecule has 0 unspecified atom stereocenters. The second-order valence-corrected chi connectivity index (χ2v) is 5.98. The maximum atomic E-state index is 8.74. The predicted octanol–water partition coefficient (Wildman–Crippen LogP) is 3.07. The quantitative estimate of drug-likeness (QED) is 0.379. The molecule has 0 amide bonds. The summed E-state index contributed by atoms with van der Waals surface area (Å²) in [7, 11) is -4.67. The maximum Gasteiger partial charge on any atom is 0.394 e. The molecule has 3 rings (SSSR count). The highest BCUT2D eigenvalue weighted by atomic mass is 32.3. The van der Waals surface area contributed by atoms with Crippen molar-refractivity contribution in [1.29, 1.82) is 0 Å². The van der Waals surface area contributed by atoms with Crippen LogP contribution in [0.15, 0.2) is 54.6 Å². The number of nitrogens with two attached hydrogens (primary N) is 1. The number of hydrogen-bond donors (Lipinski definition) is 3. The van der Waals surface area contributed by atoms with Gasteiger partial charge < -0.3 is 10.5 Å². The Morgan fingerprint density at radius 1 is 0.917 bits per heavy atom. The van der Waals surface area contributed by atoms with Crippen molar-refractivity contribution in [2.45, 2.75) is 6.42 Å². The molecule has 7 heteroatoms. The third kappa shape index (κ3) is 5.17. The van der Waals surface area contributed by atoms with Crippen molar-refractivity contribution in [3.8, 4) is 5.75 Å². The molecule has 0 bridgehead atoms. The fraction of sp³-hybridized carbons (Fsp3) is 0.176. The number of fused-ring (bicyclic) bond motifs is 2. The van der Waals surface area contributed by atoms with Gasteiger partial charge in [0.05, 0.1) is 6.61 Å². The molecule has 0 radical (unpaired) electrons. The largest absolute Gasteiger partial charge is 0.492 e. The summed E-state index contributed by atoms with van der Waals surface area (Å²) >= 11 is 0. The summed E-state index contributed by atoms with van der Waals surface area (Å²) in [5, 5.41) is 4.75. The normalized spacial score (nSPS) is 11.1. The number of benzene rings is 3. The van der Waals surface area contributed by atoms with E-state index < -0.39 is 10.4 Å². The van der Waals surface area contributed by atoms with Crippen LogP contribution in [0.25, 0.3) is 21.5 Å². The van der Waals surface area contributed by atoms with Crippen LogP contribution in [0.4, 0.5) is 0 Å². The molecule has 0 fully saturated rings. The van der Waals surface area contributed by atoms with Crippen molar-refractivity contribution >= 4 is 31.9 Å². The number of ether oxygens (including phenoxy) is 1. The van der Waals surface area contributed by atoms with Gasteiger partial charge in [0.25, 0.3) is 0 Å². The fourth-order valence-electron chi connectivity index (χ4n) is 2.38. The molecule has 0 saturated carbocycles. The Bertz CT molecular complexity index is 863. The van der Waals surface area contributed by atoms with Crippen molar-refractivity contribution in [3.05, 3.63) is 54.6 Å². The Morgan fingerprint density at radius 2 is 1.38 bits per heavy atom. The number of rotatable bonds is 4. The molecule has 0 heterocycles. The van der Waals surface area contributed by atoms with Crippen molar-refractivity contribution in [2.24, 2.45) is 5.73 Å². The standard InChI is InChI=1S/C17H17NO.H2O4S/c18-10-5-11-19-17-15-8-3-1-6-13(15)12-14-7-2-4-9-16(14)17;1-5(2,3)4/h1-4,6-9,12H,5,10-11,18H2;(H2,1,2,3,4). The zero-order chi connectivity index (χ0) is 17.6. The molecule has 3 aromatic rings. The van der Waals surface area contributed by atoms with E-state index in [0.717, 1.165) is 12.2 Å². The summed E-state index contributed by atoms with van der Waals surface area (Å²) in [5.74, 6) is 0.974. The van der Waals surface area contributed by atoms with Gasteiger partial charge in [-0.2, -0.15) is 8.42 Å². The van der Waals surface area contributed by atoms with Crippen LogP contribution in [0.5, 0.6) is 5.75 Å². The Morgan fingerprint density at radius 3 is 1.83 bits per heavy atom. The molecule has 0 saturated heterocycles. The van der Waals surface area contributed by atoms with E-state index >= 15 is 0 Å². The van der Waals surface area contributed by atoms with E-state index in [1.54, 1.807) is 0 Å². The lowest BCUT2D eigenvalue weighted by Gasteiger charge is -2.12. The summed E-state index contributed by atoms with van der Waals surface area (Å²) in [6, 6.07) is 18.9. The first-order chi connectivity index (χ1) is 11.4. The third-order valence-corrected chi connectivity index (χ3v) is 3.32. The second kappa shape index (κ2) is 8.07. The second-order valence-electron chi connectivity index (χ2n) is 5.09. The molecule has 4 N–H and O–H groups in total. The van der Waals surface area contributed by atoms with Gasteiger partial charge in [-0.3, -0.25) is 9.11 Å². The van der Waals surface area contributed by atoms with Gasteiger partial charge in [-0.05, 0) is 29.8 Å². The van der Waals surface area contributed by atoms with Crippen LogP contribution in [0, 0.1) is 0 Å². The summed E-state index contributed by atoms with van der Waals surface area (Å²) in [6.07, 6.45) is 0.873. The average Bonchev–Trinajstić information content (AvgIpc) is 2.53. The Balaban J connectivity index is 0.000000368. The number of hydrogen-bond acceptors (Lipinski definition) is 4. The average molecular weight is 349 g/mol. The maximum absolute atomic E-state index is 8.74. The Hall–Kier alpha value is -2.19. The summed E-state index contributed by atoms with van der Waals surface area (Å²) in [4.78, 5) is 0. The Kier molecular flexibility index (Phi) is 6.10. The third-order valence-electron chi connectivity index (χ3n) is 3.32. The molecule has 3 aromatic carbocycles. The van der Waals surface area contributed by atoms with Gasteiger partial charge in [-0.1, -0.05) is 48.5 Å². The molecule has 0 atom stereocenters. The lowest BCUT2D eigenvalue weighted by atomic mass is 10.0. The molecule has 0 aliphatic heterocycles. The van der Waals surface area contributed by atoms with Gasteiger partial charge in [-0.15, -0.1) is 0 Å². The minimum Gasteiger partial charge on any atom is -0.492 e. The van der Waals surface area contributed by atoms with Crippen molar-refractivity contribution in [2.75, 3.05) is 13.2 Å². The first-order valence-corrected chi connectivity index (χ1v) is 8.73. The fourth-order valence-corrected chi connectivity index (χ4v) is 2.38. The van der Waals surface area contributed by atoms with Gasteiger partial charge in [0.2, 0.25) is 0 Å². The minimum atomic E-state index is -4.67. The Labute approximate surface area is 140 Å². The van der Waals surface area contributed by atoms with E-state index in [2.05, 4.69) is 42.5 Å². The van der Waals surface area contributed by atoms with E-state index in [4.69, 9.17) is 28.0 Å². The van der Waals surface area contributed by atoms with Crippen molar-refractivity contribution in [3.63, 3.8) is 0 Å². The monoisotopic (exact) mass is 349 g/mol. The highest BCUT2D eigenvalue weighted by Crippen LogP contribution is 2.34. The molecular weight excluding hydrogens is 330 g/mol. The lowest BCUT2D eigenvalue weighted by molar-refractivity contribution is 0.320. The van der Waals surface area contributed by atoms with E-state index in [1.165, 1.54) is 21.5 Å². The molecule has 6 nitrogen and oxygen atoms in total. The van der Waals surface area contributed by atoms with Crippen LogP contribution >= 0.6 is 0 Å². The van der Waals surface area contributed by atoms with Gasteiger partial charge in [0, 0.05) is 10.8 Å². The summed E-state index contributed by atoms with van der Waals surface area (Å²) in [6.45, 7) is 1.32. The summed E-state index contributed by atoms with van der Waals surface area (Å²) < 4.78 is 37.6. The van der Waals surface area contributed by atoms with Crippen LogP contribution in [0.1, 0.15) is 6.42 Å². The molecular formula is C17H19NO5S. The topological polar surface area (TPSA) is 110 Å². The molecule has 0 aliphatic carbocycles. The van der Waals surface area contributed by atoms with Crippen molar-refractivity contribution in [1.82, 2.24) is 0 Å². The van der Waals surface area contributed by atoms with E-state index in [1.807, 2.05) is 12.1 Å². The van der Waals surface area contributed by atoms with Crippen LogP contribution in [-0.4, -0.2) is 30.7 Å². The SMILES string of the molecule is NCCCOc1c2ccccc2cc2ccccc12.O=S(=O)(O)O. The summed E-state index contributed by atoms with van der Waals surface area (Å²) in [5.41, 5.74) is 5.54. The first-order valence-electron chi connectivity index (χ1n) is 7.33. The lowest BCUT2D eigenvalue weighted by Crippen LogP contribution is -2.06. The first kappa shape index (κ1) is 18.2. The molecule has 24 heavy (non-hydrogen) atoms. The van der Waals surface area contributed by atoms with Gasteiger partial charge in [0.15, 0.2) is 0 Å². The molecule has 0 aliphatic rings. The molecule has 0 aromatic heterocycles. The smallest absolute Gasteiger partial charge is 0.394 e. The van der Waals surface area contributed by atoms with E-state index in [9.17, 15) is 0 Å².